The van der Waals surface area contributed by atoms with Crippen molar-refractivity contribution in [1.82, 2.24) is 4.98 Å². The van der Waals surface area contributed by atoms with Crippen LogP contribution < -0.4 is 5.32 Å². The molecule has 0 aliphatic heterocycles. The van der Waals surface area contributed by atoms with Gasteiger partial charge in [-0.25, -0.2) is 4.39 Å². The van der Waals surface area contributed by atoms with Crippen molar-refractivity contribution >= 4 is 21.6 Å². The second kappa shape index (κ2) is 5.07. The highest BCUT2D eigenvalue weighted by atomic mass is 79.9. The van der Waals surface area contributed by atoms with Crippen LogP contribution in [0.5, 0.6) is 0 Å². The van der Waals surface area contributed by atoms with E-state index >= 15 is 0 Å². The van der Waals surface area contributed by atoms with Gasteiger partial charge in [-0.1, -0.05) is 0 Å². The van der Waals surface area contributed by atoms with Gasteiger partial charge in [-0.2, -0.15) is 0 Å². The molecular formula is C12H10BrFN2. The predicted octanol–water partition coefficient (Wildman–Crippen LogP) is 3.60. The molecule has 0 saturated carbocycles. The molecule has 16 heavy (non-hydrogen) atoms. The summed E-state index contributed by atoms with van der Waals surface area (Å²) >= 11 is 3.11. The van der Waals surface area contributed by atoms with Gasteiger partial charge in [-0.3, -0.25) is 4.98 Å². The maximum Gasteiger partial charge on any atom is 0.139 e. The van der Waals surface area contributed by atoms with Gasteiger partial charge in [0.15, 0.2) is 0 Å². The van der Waals surface area contributed by atoms with E-state index in [9.17, 15) is 4.39 Å². The summed E-state index contributed by atoms with van der Waals surface area (Å²) in [6, 6.07) is 8.81. The summed E-state index contributed by atoms with van der Waals surface area (Å²) in [5.41, 5.74) is 1.87. The summed E-state index contributed by atoms with van der Waals surface area (Å²) < 4.78 is 13.7. The fraction of sp³-hybridized carbons (Fsp3) is 0.0833. The molecule has 0 spiro atoms. The Labute approximate surface area is 102 Å². The Morgan fingerprint density at radius 3 is 2.62 bits per heavy atom. The highest BCUT2D eigenvalue weighted by Crippen LogP contribution is 2.19. The highest BCUT2D eigenvalue weighted by Gasteiger charge is 2.00. The Hall–Kier alpha value is -1.42. The molecule has 2 nitrogen and oxygen atoms in total. The van der Waals surface area contributed by atoms with E-state index in [0.717, 1.165) is 11.3 Å². The minimum Gasteiger partial charge on any atom is -0.381 e. The Kier molecular flexibility index (Phi) is 3.51. The molecule has 1 aromatic heterocycles. The highest BCUT2D eigenvalue weighted by molar-refractivity contribution is 9.10. The lowest BCUT2D eigenvalue weighted by atomic mass is 10.2. The molecule has 0 aliphatic rings. The molecule has 0 fully saturated rings. The van der Waals surface area contributed by atoms with Crippen LogP contribution in [0.3, 0.4) is 0 Å². The van der Waals surface area contributed by atoms with Crippen LogP contribution in [0.2, 0.25) is 0 Å². The third-order valence-electron chi connectivity index (χ3n) is 2.17. The topological polar surface area (TPSA) is 24.9 Å². The third-order valence-corrected chi connectivity index (χ3v) is 2.81. The molecule has 0 aliphatic carbocycles. The zero-order valence-electron chi connectivity index (χ0n) is 8.45. The summed E-state index contributed by atoms with van der Waals surface area (Å²) in [5, 5.41) is 3.14. The van der Waals surface area contributed by atoms with E-state index in [1.54, 1.807) is 18.5 Å². The predicted molar refractivity (Wildman–Crippen MR) is 65.7 cm³/mol. The first-order valence-electron chi connectivity index (χ1n) is 4.83. The molecule has 2 rings (SSSR count). The number of nitrogens with one attached hydrogen (secondary N) is 1. The lowest BCUT2D eigenvalue weighted by Gasteiger charge is -2.06. The van der Waals surface area contributed by atoms with Crippen molar-refractivity contribution < 1.29 is 4.39 Å². The van der Waals surface area contributed by atoms with Gasteiger partial charge in [0.05, 0.1) is 4.47 Å². The van der Waals surface area contributed by atoms with E-state index in [-0.39, 0.29) is 5.82 Å². The van der Waals surface area contributed by atoms with Gasteiger partial charge in [0.1, 0.15) is 5.82 Å². The maximum atomic E-state index is 13.2. The lowest BCUT2D eigenvalue weighted by molar-refractivity contribution is 0.621. The molecule has 0 atom stereocenters. The molecule has 1 aromatic carbocycles. The summed E-state index contributed by atoms with van der Waals surface area (Å²) in [6.07, 6.45) is 3.47. The Morgan fingerprint density at radius 1 is 1.19 bits per heavy atom. The van der Waals surface area contributed by atoms with Crippen molar-refractivity contribution in [2.24, 2.45) is 0 Å². The van der Waals surface area contributed by atoms with Crippen LogP contribution >= 0.6 is 15.9 Å². The smallest absolute Gasteiger partial charge is 0.139 e. The summed E-state index contributed by atoms with van der Waals surface area (Å²) in [6.45, 7) is 0.656. The van der Waals surface area contributed by atoms with Gasteiger partial charge >= 0.3 is 0 Å². The van der Waals surface area contributed by atoms with Crippen LogP contribution in [-0.2, 0) is 6.54 Å². The van der Waals surface area contributed by atoms with Crippen LogP contribution in [-0.4, -0.2) is 4.98 Å². The standard InChI is InChI=1S/C12H10BrFN2/c13-11-2-1-10(7-12(11)14)16-8-9-3-5-15-6-4-9/h1-7,16H,8H2. The third kappa shape index (κ3) is 2.79. The molecule has 2 aromatic rings. The zero-order chi connectivity index (χ0) is 11.4. The number of halogens is 2. The first kappa shape index (κ1) is 11.1. The average Bonchev–Trinajstić information content (AvgIpc) is 2.32. The lowest BCUT2D eigenvalue weighted by Crippen LogP contribution is -1.99. The number of hydrogen-bond acceptors (Lipinski definition) is 2. The van der Waals surface area contributed by atoms with Gasteiger partial charge in [0.25, 0.3) is 0 Å². The Bertz CT molecular complexity index is 474. The average molecular weight is 281 g/mol. The summed E-state index contributed by atoms with van der Waals surface area (Å²) in [7, 11) is 0. The minimum atomic E-state index is -0.264. The molecule has 0 bridgehead atoms. The second-order valence-electron chi connectivity index (χ2n) is 3.34. The van der Waals surface area contributed by atoms with Crippen LogP contribution in [0.4, 0.5) is 10.1 Å². The number of pyridine rings is 1. The van der Waals surface area contributed by atoms with Gasteiger partial charge in [0.2, 0.25) is 0 Å². The fourth-order valence-corrected chi connectivity index (χ4v) is 1.56. The van der Waals surface area contributed by atoms with Crippen LogP contribution in [0, 0.1) is 5.82 Å². The van der Waals surface area contributed by atoms with Crippen molar-refractivity contribution in [1.29, 1.82) is 0 Å². The van der Waals surface area contributed by atoms with E-state index < -0.39 is 0 Å². The maximum absolute atomic E-state index is 13.2. The van der Waals surface area contributed by atoms with Gasteiger partial charge in [-0.05, 0) is 51.8 Å². The van der Waals surface area contributed by atoms with Crippen LogP contribution in [0.15, 0.2) is 47.2 Å². The number of rotatable bonds is 3. The SMILES string of the molecule is Fc1cc(NCc2ccncc2)ccc1Br. The van der Waals surface area contributed by atoms with Gasteiger partial charge in [-0.15, -0.1) is 0 Å². The van der Waals surface area contributed by atoms with Crippen molar-refractivity contribution in [3.05, 3.63) is 58.6 Å². The quantitative estimate of drug-likeness (QED) is 0.929. The molecule has 0 unspecified atom stereocenters. The number of hydrogen-bond donors (Lipinski definition) is 1. The van der Waals surface area contributed by atoms with Crippen molar-refractivity contribution in [3.63, 3.8) is 0 Å². The van der Waals surface area contributed by atoms with E-state index in [1.165, 1.54) is 6.07 Å². The first-order chi connectivity index (χ1) is 7.75. The molecule has 82 valence electrons. The van der Waals surface area contributed by atoms with Crippen LogP contribution in [0.25, 0.3) is 0 Å². The molecule has 4 heteroatoms. The fourth-order valence-electron chi connectivity index (χ4n) is 1.31. The van der Waals surface area contributed by atoms with E-state index in [1.807, 2.05) is 18.2 Å². The number of anilines is 1. The minimum absolute atomic E-state index is 0.264. The van der Waals surface area contributed by atoms with Gasteiger partial charge < -0.3 is 5.32 Å². The molecular weight excluding hydrogens is 271 g/mol. The van der Waals surface area contributed by atoms with E-state index in [2.05, 4.69) is 26.2 Å². The first-order valence-corrected chi connectivity index (χ1v) is 5.63. The van der Waals surface area contributed by atoms with Crippen molar-refractivity contribution in [2.45, 2.75) is 6.54 Å². The van der Waals surface area contributed by atoms with E-state index in [0.29, 0.717) is 11.0 Å². The monoisotopic (exact) mass is 280 g/mol. The number of nitrogens with zero attached hydrogens (tertiary/aromatic N) is 1. The molecule has 0 amide bonds. The number of aromatic nitrogens is 1. The molecule has 1 N–H and O–H groups in total. The van der Waals surface area contributed by atoms with Gasteiger partial charge in [0, 0.05) is 24.6 Å². The summed E-state index contributed by atoms with van der Waals surface area (Å²) in [5.74, 6) is -0.264. The number of benzene rings is 1. The van der Waals surface area contributed by atoms with Crippen molar-refractivity contribution in [2.75, 3.05) is 5.32 Å². The largest absolute Gasteiger partial charge is 0.381 e. The zero-order valence-corrected chi connectivity index (χ0v) is 10.0. The summed E-state index contributed by atoms with van der Waals surface area (Å²) in [4.78, 5) is 3.93. The second-order valence-corrected chi connectivity index (χ2v) is 4.19. The Balaban J connectivity index is 2.03. The molecule has 0 saturated heterocycles. The van der Waals surface area contributed by atoms with Crippen molar-refractivity contribution in [3.8, 4) is 0 Å². The molecule has 1 heterocycles. The normalized spacial score (nSPS) is 10.1. The molecule has 0 radical (unpaired) electrons. The van der Waals surface area contributed by atoms with Crippen LogP contribution in [0.1, 0.15) is 5.56 Å². The van der Waals surface area contributed by atoms with E-state index in [4.69, 9.17) is 0 Å². The Morgan fingerprint density at radius 2 is 1.94 bits per heavy atom.